The number of benzene rings is 2. The van der Waals surface area contributed by atoms with Crippen molar-refractivity contribution in [2.75, 3.05) is 13.2 Å². The second-order valence-electron chi connectivity index (χ2n) is 6.29. The zero-order chi connectivity index (χ0) is 18.8. The van der Waals surface area contributed by atoms with Gasteiger partial charge in [-0.25, -0.2) is 0 Å². The van der Waals surface area contributed by atoms with Crippen LogP contribution in [0.1, 0.15) is 20.3 Å². The first kappa shape index (κ1) is 19.7. The van der Waals surface area contributed by atoms with Crippen molar-refractivity contribution in [1.29, 1.82) is 0 Å². The van der Waals surface area contributed by atoms with Gasteiger partial charge in [-0.05, 0) is 47.8 Å². The van der Waals surface area contributed by atoms with Gasteiger partial charge in [0.25, 0.3) is 5.91 Å². The summed E-state index contributed by atoms with van der Waals surface area (Å²) in [5, 5.41) is 3.42. The minimum atomic E-state index is -0.301. The molecule has 0 bridgehead atoms. The summed E-state index contributed by atoms with van der Waals surface area (Å²) in [7, 11) is 0. The summed E-state index contributed by atoms with van der Waals surface area (Å²) >= 11 is 5.09. The topological polar surface area (TPSA) is 62.4 Å². The Morgan fingerprint density at radius 3 is 2.31 bits per heavy atom. The summed E-state index contributed by atoms with van der Waals surface area (Å²) in [6.07, 6.45) is 1.01. The van der Waals surface area contributed by atoms with Crippen LogP contribution < -0.4 is 20.9 Å². The van der Waals surface area contributed by atoms with Crippen molar-refractivity contribution < 1.29 is 9.53 Å². The fourth-order valence-corrected chi connectivity index (χ4v) is 2.36. The molecule has 0 radical (unpaired) electrons. The number of rotatable bonds is 7. The third kappa shape index (κ3) is 7.11. The number of thiocarbonyl (C=S) groups is 1. The lowest BCUT2D eigenvalue weighted by atomic mass is 10.1. The minimum Gasteiger partial charge on any atom is -0.484 e. The van der Waals surface area contributed by atoms with E-state index < -0.39 is 0 Å². The lowest BCUT2D eigenvalue weighted by Gasteiger charge is -2.13. The second-order valence-corrected chi connectivity index (χ2v) is 6.70. The van der Waals surface area contributed by atoms with E-state index in [0.717, 1.165) is 24.1 Å². The molecule has 2 aromatic carbocycles. The Labute approximate surface area is 160 Å². The molecule has 138 valence electrons. The highest BCUT2D eigenvalue weighted by atomic mass is 32.1. The molecule has 26 heavy (non-hydrogen) atoms. The molecule has 1 amide bonds. The first-order chi connectivity index (χ1) is 12.5. The summed E-state index contributed by atoms with van der Waals surface area (Å²) < 4.78 is 5.49. The van der Waals surface area contributed by atoms with Crippen molar-refractivity contribution in [3.8, 4) is 16.9 Å². The van der Waals surface area contributed by atoms with Crippen LogP contribution >= 0.6 is 12.2 Å². The van der Waals surface area contributed by atoms with Crippen LogP contribution in [0, 0.1) is 5.92 Å². The van der Waals surface area contributed by atoms with E-state index in [2.05, 4.69) is 30.0 Å². The van der Waals surface area contributed by atoms with Gasteiger partial charge in [0.2, 0.25) is 0 Å². The monoisotopic (exact) mass is 371 g/mol. The molecule has 0 spiro atoms. The van der Waals surface area contributed by atoms with Crippen molar-refractivity contribution >= 4 is 23.2 Å². The first-order valence-corrected chi connectivity index (χ1v) is 9.06. The summed E-state index contributed by atoms with van der Waals surface area (Å²) in [4.78, 5) is 11.8. The van der Waals surface area contributed by atoms with Gasteiger partial charge in [0, 0.05) is 6.54 Å². The summed E-state index contributed by atoms with van der Waals surface area (Å²) in [6.45, 7) is 4.96. The molecule has 5 nitrogen and oxygen atoms in total. The van der Waals surface area contributed by atoms with Crippen LogP contribution in [0.25, 0.3) is 11.1 Å². The Balaban J connectivity index is 1.70. The van der Waals surface area contributed by atoms with E-state index in [1.807, 2.05) is 54.6 Å². The minimum absolute atomic E-state index is 0.0910. The van der Waals surface area contributed by atoms with Crippen LogP contribution in [0.2, 0.25) is 0 Å². The van der Waals surface area contributed by atoms with Gasteiger partial charge in [0.1, 0.15) is 5.75 Å². The van der Waals surface area contributed by atoms with Gasteiger partial charge in [-0.15, -0.1) is 0 Å². The molecule has 0 aliphatic carbocycles. The van der Waals surface area contributed by atoms with Crippen LogP contribution in [0.5, 0.6) is 5.75 Å². The van der Waals surface area contributed by atoms with Crippen molar-refractivity contribution in [3.05, 3.63) is 54.6 Å². The van der Waals surface area contributed by atoms with Crippen LogP contribution in [-0.2, 0) is 4.79 Å². The van der Waals surface area contributed by atoms with Gasteiger partial charge in [0.05, 0.1) is 0 Å². The average Bonchev–Trinajstić information content (AvgIpc) is 2.65. The number of hydrogen-bond donors (Lipinski definition) is 3. The molecule has 0 saturated heterocycles. The Morgan fingerprint density at radius 2 is 1.65 bits per heavy atom. The number of amides is 1. The number of ether oxygens (including phenoxy) is 1. The highest BCUT2D eigenvalue weighted by Crippen LogP contribution is 2.21. The van der Waals surface area contributed by atoms with E-state index in [9.17, 15) is 4.79 Å². The quantitative estimate of drug-likeness (QED) is 0.515. The largest absolute Gasteiger partial charge is 0.484 e. The van der Waals surface area contributed by atoms with E-state index in [1.165, 1.54) is 0 Å². The summed E-state index contributed by atoms with van der Waals surface area (Å²) in [5.41, 5.74) is 7.41. The predicted molar refractivity (Wildman–Crippen MR) is 109 cm³/mol. The Hall–Kier alpha value is -2.60. The molecular weight excluding hydrogens is 346 g/mol. The maximum atomic E-state index is 11.8. The Morgan fingerprint density at radius 1 is 1.00 bits per heavy atom. The highest BCUT2D eigenvalue weighted by Gasteiger charge is 2.04. The molecule has 0 saturated carbocycles. The highest BCUT2D eigenvalue weighted by molar-refractivity contribution is 7.80. The summed E-state index contributed by atoms with van der Waals surface area (Å²) in [6, 6.07) is 17.7. The van der Waals surface area contributed by atoms with Crippen molar-refractivity contribution in [3.63, 3.8) is 0 Å². The fraction of sp³-hybridized carbons (Fsp3) is 0.300. The van der Waals surface area contributed by atoms with Crippen LogP contribution in [0.4, 0.5) is 0 Å². The van der Waals surface area contributed by atoms with E-state index >= 15 is 0 Å². The maximum absolute atomic E-state index is 11.8. The lowest BCUT2D eigenvalue weighted by Crippen LogP contribution is -2.48. The molecule has 0 aliphatic rings. The number of carbonyl (C=O) groups excluding carboxylic acids is 1. The van der Waals surface area contributed by atoms with E-state index in [4.69, 9.17) is 17.0 Å². The smallest absolute Gasteiger partial charge is 0.276 e. The van der Waals surface area contributed by atoms with Gasteiger partial charge in [-0.1, -0.05) is 56.3 Å². The van der Waals surface area contributed by atoms with Crippen LogP contribution in [0.15, 0.2) is 54.6 Å². The molecule has 0 aromatic heterocycles. The Bertz CT molecular complexity index is 703. The standard InChI is InChI=1S/C20H25N3O2S/c1-15(2)12-13-21-20(26)23-22-19(24)14-25-18-10-8-17(9-11-18)16-6-4-3-5-7-16/h3-11,15H,12-14H2,1-2H3,(H,22,24)(H2,21,23,26). The number of hydrogen-bond acceptors (Lipinski definition) is 3. The summed E-state index contributed by atoms with van der Waals surface area (Å²) in [5.74, 6) is 0.934. The molecule has 3 N–H and O–H groups in total. The SMILES string of the molecule is CC(C)CCNC(=S)NNC(=O)COc1ccc(-c2ccccc2)cc1. The van der Waals surface area contributed by atoms with E-state index in [1.54, 1.807) is 0 Å². The van der Waals surface area contributed by atoms with E-state index in [-0.39, 0.29) is 12.5 Å². The molecule has 0 aliphatic heterocycles. The van der Waals surface area contributed by atoms with Gasteiger partial charge in [0.15, 0.2) is 11.7 Å². The predicted octanol–water partition coefficient (Wildman–Crippen LogP) is 3.27. The third-order valence-electron chi connectivity index (χ3n) is 3.65. The van der Waals surface area contributed by atoms with E-state index in [0.29, 0.717) is 16.8 Å². The van der Waals surface area contributed by atoms with Crippen molar-refractivity contribution in [2.45, 2.75) is 20.3 Å². The number of hydrazine groups is 1. The normalized spacial score (nSPS) is 10.3. The van der Waals surface area contributed by atoms with Gasteiger partial charge >= 0.3 is 0 Å². The average molecular weight is 372 g/mol. The molecular formula is C20H25N3O2S. The fourth-order valence-electron chi connectivity index (χ4n) is 2.20. The van der Waals surface area contributed by atoms with Gasteiger partial charge in [-0.2, -0.15) is 0 Å². The number of nitrogens with one attached hydrogen (secondary N) is 3. The van der Waals surface area contributed by atoms with Crippen molar-refractivity contribution in [2.24, 2.45) is 5.92 Å². The third-order valence-corrected chi connectivity index (χ3v) is 3.90. The zero-order valence-corrected chi connectivity index (χ0v) is 15.9. The van der Waals surface area contributed by atoms with Gasteiger partial charge in [-0.3, -0.25) is 15.6 Å². The molecule has 0 heterocycles. The number of carbonyl (C=O) groups is 1. The molecule has 2 rings (SSSR count). The molecule has 6 heteroatoms. The molecule has 0 fully saturated rings. The van der Waals surface area contributed by atoms with Gasteiger partial charge < -0.3 is 10.1 Å². The first-order valence-electron chi connectivity index (χ1n) is 8.65. The van der Waals surface area contributed by atoms with Crippen molar-refractivity contribution in [1.82, 2.24) is 16.2 Å². The van der Waals surface area contributed by atoms with Crippen LogP contribution in [0.3, 0.4) is 0 Å². The lowest BCUT2D eigenvalue weighted by molar-refractivity contribution is -0.123. The maximum Gasteiger partial charge on any atom is 0.276 e. The molecule has 0 atom stereocenters. The van der Waals surface area contributed by atoms with Crippen LogP contribution in [-0.4, -0.2) is 24.2 Å². The second kappa shape index (κ2) is 10.4. The molecule has 2 aromatic rings. The molecule has 0 unspecified atom stereocenters. The Kier molecular flexibility index (Phi) is 7.89. The zero-order valence-electron chi connectivity index (χ0n) is 15.1.